The molecule has 1 unspecified atom stereocenters. The van der Waals surface area contributed by atoms with Gasteiger partial charge in [0, 0.05) is 24.1 Å². The van der Waals surface area contributed by atoms with Crippen molar-refractivity contribution in [3.8, 4) is 11.5 Å². The third-order valence-electron chi connectivity index (χ3n) is 4.13. The Morgan fingerprint density at radius 2 is 1.86 bits per heavy atom. The van der Waals surface area contributed by atoms with Gasteiger partial charge in [-0.25, -0.2) is 0 Å². The molecular formula is C18H21NO2. The first-order valence-electron chi connectivity index (χ1n) is 7.26. The fourth-order valence-electron chi connectivity index (χ4n) is 2.99. The number of ether oxygens (including phenoxy) is 2. The number of aryl methyl sites for hydroxylation is 2. The molecule has 3 heteroatoms. The maximum Gasteiger partial charge on any atom is 0.128 e. The topological polar surface area (TPSA) is 44.5 Å². The molecule has 21 heavy (non-hydrogen) atoms. The van der Waals surface area contributed by atoms with Gasteiger partial charge < -0.3 is 15.2 Å². The summed E-state index contributed by atoms with van der Waals surface area (Å²) < 4.78 is 11.5. The van der Waals surface area contributed by atoms with Crippen molar-refractivity contribution in [2.45, 2.75) is 32.4 Å². The van der Waals surface area contributed by atoms with Gasteiger partial charge >= 0.3 is 0 Å². The summed E-state index contributed by atoms with van der Waals surface area (Å²) >= 11 is 0. The van der Waals surface area contributed by atoms with Crippen molar-refractivity contribution in [2.24, 2.45) is 5.73 Å². The summed E-state index contributed by atoms with van der Waals surface area (Å²) in [6.07, 6.45) is 0.795. The van der Waals surface area contributed by atoms with Crippen molar-refractivity contribution in [3.63, 3.8) is 0 Å². The molecule has 3 nitrogen and oxygen atoms in total. The van der Waals surface area contributed by atoms with Crippen molar-refractivity contribution < 1.29 is 9.47 Å². The SMILES string of the molecule is COc1ccc2c(c1)OC(c1ccc(C)cc1C)C[C@@H]2N. The van der Waals surface area contributed by atoms with E-state index in [2.05, 4.69) is 32.0 Å². The van der Waals surface area contributed by atoms with Gasteiger partial charge in [-0.3, -0.25) is 0 Å². The van der Waals surface area contributed by atoms with Crippen LogP contribution in [0, 0.1) is 13.8 Å². The lowest BCUT2D eigenvalue weighted by atomic mass is 9.91. The minimum atomic E-state index is -0.00893. The van der Waals surface area contributed by atoms with Crippen molar-refractivity contribution in [1.82, 2.24) is 0 Å². The highest BCUT2D eigenvalue weighted by Gasteiger charge is 2.28. The van der Waals surface area contributed by atoms with Crippen molar-refractivity contribution in [1.29, 1.82) is 0 Å². The largest absolute Gasteiger partial charge is 0.497 e. The van der Waals surface area contributed by atoms with E-state index in [1.165, 1.54) is 16.7 Å². The summed E-state index contributed by atoms with van der Waals surface area (Å²) in [5.41, 5.74) is 11.1. The molecule has 2 aromatic carbocycles. The zero-order valence-corrected chi connectivity index (χ0v) is 12.7. The summed E-state index contributed by atoms with van der Waals surface area (Å²) in [7, 11) is 1.66. The first-order chi connectivity index (χ1) is 10.1. The van der Waals surface area contributed by atoms with E-state index in [0.717, 1.165) is 23.5 Å². The fourth-order valence-corrected chi connectivity index (χ4v) is 2.99. The quantitative estimate of drug-likeness (QED) is 0.911. The number of benzene rings is 2. The molecule has 0 fully saturated rings. The molecule has 2 aromatic rings. The smallest absolute Gasteiger partial charge is 0.128 e. The Morgan fingerprint density at radius 3 is 2.57 bits per heavy atom. The van der Waals surface area contributed by atoms with Gasteiger partial charge in [-0.1, -0.05) is 29.8 Å². The standard InChI is InChI=1S/C18H21NO2/c1-11-4-6-14(12(2)8-11)18-10-16(19)15-7-5-13(20-3)9-17(15)21-18/h4-9,16,18H,10,19H2,1-3H3/t16-,18?/m0/s1. The Balaban J connectivity index is 1.96. The minimum Gasteiger partial charge on any atom is -0.497 e. The van der Waals surface area contributed by atoms with E-state index in [1.807, 2.05) is 18.2 Å². The first kappa shape index (κ1) is 14.0. The van der Waals surface area contributed by atoms with Crippen LogP contribution in [0.2, 0.25) is 0 Å². The lowest BCUT2D eigenvalue weighted by Gasteiger charge is -2.31. The molecule has 0 saturated heterocycles. The lowest BCUT2D eigenvalue weighted by molar-refractivity contribution is 0.160. The second kappa shape index (κ2) is 5.41. The van der Waals surface area contributed by atoms with Crippen molar-refractivity contribution in [3.05, 3.63) is 58.7 Å². The van der Waals surface area contributed by atoms with Crippen LogP contribution in [0.5, 0.6) is 11.5 Å². The van der Waals surface area contributed by atoms with Gasteiger partial charge in [-0.15, -0.1) is 0 Å². The summed E-state index contributed by atoms with van der Waals surface area (Å²) in [5.74, 6) is 1.63. The molecule has 0 radical (unpaired) electrons. The second-order valence-corrected chi connectivity index (χ2v) is 5.71. The van der Waals surface area contributed by atoms with Gasteiger partial charge in [0.15, 0.2) is 0 Å². The number of fused-ring (bicyclic) bond motifs is 1. The molecule has 1 aliphatic heterocycles. The van der Waals surface area contributed by atoms with Crippen LogP contribution < -0.4 is 15.2 Å². The molecule has 110 valence electrons. The van der Waals surface area contributed by atoms with Gasteiger partial charge in [-0.05, 0) is 31.0 Å². The highest BCUT2D eigenvalue weighted by molar-refractivity contribution is 5.45. The number of rotatable bonds is 2. The van der Waals surface area contributed by atoms with Crippen LogP contribution >= 0.6 is 0 Å². The zero-order chi connectivity index (χ0) is 15.0. The third-order valence-corrected chi connectivity index (χ3v) is 4.13. The molecule has 0 amide bonds. The van der Waals surface area contributed by atoms with Gasteiger partial charge in [0.2, 0.25) is 0 Å². The molecule has 0 bridgehead atoms. The molecule has 2 N–H and O–H groups in total. The first-order valence-corrected chi connectivity index (χ1v) is 7.26. The van der Waals surface area contributed by atoms with E-state index >= 15 is 0 Å². The summed E-state index contributed by atoms with van der Waals surface area (Å²) in [6.45, 7) is 4.22. The summed E-state index contributed by atoms with van der Waals surface area (Å²) in [5, 5.41) is 0. The molecule has 2 atom stereocenters. The van der Waals surface area contributed by atoms with Gasteiger partial charge in [0.1, 0.15) is 17.6 Å². The number of hydrogen-bond donors (Lipinski definition) is 1. The van der Waals surface area contributed by atoms with Gasteiger partial charge in [0.05, 0.1) is 7.11 Å². The molecule has 0 spiro atoms. The third kappa shape index (κ3) is 2.61. The van der Waals surface area contributed by atoms with E-state index in [-0.39, 0.29) is 12.1 Å². The number of hydrogen-bond acceptors (Lipinski definition) is 3. The van der Waals surface area contributed by atoms with E-state index < -0.39 is 0 Å². The van der Waals surface area contributed by atoms with Gasteiger partial charge in [0.25, 0.3) is 0 Å². The van der Waals surface area contributed by atoms with Crippen LogP contribution in [-0.4, -0.2) is 7.11 Å². The highest BCUT2D eigenvalue weighted by atomic mass is 16.5. The van der Waals surface area contributed by atoms with E-state index in [4.69, 9.17) is 15.2 Å². The maximum absolute atomic E-state index is 6.32. The Labute approximate surface area is 125 Å². The predicted octanol–water partition coefficient (Wildman–Crippen LogP) is 3.84. The van der Waals surface area contributed by atoms with Crippen LogP contribution in [-0.2, 0) is 0 Å². The Kier molecular flexibility index (Phi) is 3.60. The molecule has 0 aromatic heterocycles. The molecule has 1 aliphatic rings. The number of nitrogens with two attached hydrogens (primary N) is 1. The average molecular weight is 283 g/mol. The van der Waals surface area contributed by atoms with Gasteiger partial charge in [-0.2, -0.15) is 0 Å². The van der Waals surface area contributed by atoms with E-state index in [0.29, 0.717) is 0 Å². The minimum absolute atomic E-state index is 0.000191. The van der Waals surface area contributed by atoms with E-state index in [1.54, 1.807) is 7.11 Å². The van der Waals surface area contributed by atoms with Crippen LogP contribution in [0.3, 0.4) is 0 Å². The monoisotopic (exact) mass is 283 g/mol. The summed E-state index contributed by atoms with van der Waals surface area (Å²) in [4.78, 5) is 0. The van der Waals surface area contributed by atoms with E-state index in [9.17, 15) is 0 Å². The van der Waals surface area contributed by atoms with Crippen LogP contribution in [0.25, 0.3) is 0 Å². The average Bonchev–Trinajstić information content (AvgIpc) is 2.46. The Morgan fingerprint density at radius 1 is 1.10 bits per heavy atom. The van der Waals surface area contributed by atoms with Crippen LogP contribution in [0.1, 0.15) is 40.8 Å². The molecule has 0 aliphatic carbocycles. The maximum atomic E-state index is 6.32. The normalized spacial score (nSPS) is 20.6. The Bertz CT molecular complexity index is 666. The molecule has 0 saturated carbocycles. The predicted molar refractivity (Wildman–Crippen MR) is 83.8 cm³/mol. The summed E-state index contributed by atoms with van der Waals surface area (Å²) in [6, 6.07) is 12.3. The Hall–Kier alpha value is -2.00. The molecule has 1 heterocycles. The van der Waals surface area contributed by atoms with Crippen LogP contribution in [0.4, 0.5) is 0 Å². The second-order valence-electron chi connectivity index (χ2n) is 5.71. The molecular weight excluding hydrogens is 262 g/mol. The van der Waals surface area contributed by atoms with Crippen molar-refractivity contribution in [2.75, 3.05) is 7.11 Å². The van der Waals surface area contributed by atoms with Crippen LogP contribution in [0.15, 0.2) is 36.4 Å². The fraction of sp³-hybridized carbons (Fsp3) is 0.333. The number of methoxy groups -OCH3 is 1. The highest BCUT2D eigenvalue weighted by Crippen LogP contribution is 2.41. The van der Waals surface area contributed by atoms with Crippen molar-refractivity contribution >= 4 is 0 Å². The lowest BCUT2D eigenvalue weighted by Crippen LogP contribution is -2.24. The molecule has 3 rings (SSSR count). The zero-order valence-electron chi connectivity index (χ0n) is 12.7.